The maximum Gasteiger partial charge on any atom is 0.433 e. The zero-order valence-electron chi connectivity index (χ0n) is 11.0. The fourth-order valence-electron chi connectivity index (χ4n) is 1.91. The van der Waals surface area contributed by atoms with E-state index in [1.54, 1.807) is 0 Å². The molecule has 0 N–H and O–H groups in total. The molecule has 2 nitrogen and oxygen atoms in total. The van der Waals surface area contributed by atoms with Crippen molar-refractivity contribution in [2.45, 2.75) is 18.0 Å². The molecule has 0 fully saturated rings. The molecule has 1 aliphatic carbocycles. The Kier molecular flexibility index (Phi) is 4.11. The summed E-state index contributed by atoms with van der Waals surface area (Å²) in [5.41, 5.74) is -6.96. The molecule has 0 amide bonds. The fraction of sp³-hybridized carbons (Fsp3) is 0.214. The van der Waals surface area contributed by atoms with Crippen LogP contribution in [0.25, 0.3) is 0 Å². The lowest BCUT2D eigenvalue weighted by Gasteiger charge is -2.34. The van der Waals surface area contributed by atoms with Crippen LogP contribution in [-0.2, 0) is 0 Å². The number of nitrogens with zero attached hydrogens (tertiary/aromatic N) is 1. The number of rotatable bonds is 2. The molecule has 0 heterocycles. The average Bonchev–Trinajstić information content (AvgIpc) is 2.50. The monoisotopic (exact) mass is 337 g/mol. The summed E-state index contributed by atoms with van der Waals surface area (Å²) < 4.78 is 99.1. The Labute approximate surface area is 125 Å². The van der Waals surface area contributed by atoms with Gasteiger partial charge in [0, 0.05) is 0 Å². The number of para-hydroxylation sites is 1. The number of nitriles is 1. The van der Waals surface area contributed by atoms with Gasteiger partial charge in [0.05, 0.1) is 0 Å². The summed E-state index contributed by atoms with van der Waals surface area (Å²) in [5, 5.41) is 8.47. The second kappa shape index (κ2) is 5.61. The molecule has 0 saturated heterocycles. The van der Waals surface area contributed by atoms with Crippen LogP contribution >= 0.6 is 0 Å². The van der Waals surface area contributed by atoms with Gasteiger partial charge in [0.25, 0.3) is 0 Å². The molecule has 0 radical (unpaired) electrons. The van der Waals surface area contributed by atoms with E-state index in [-0.39, 0.29) is 0 Å². The molecule has 0 spiro atoms. The molecule has 0 aliphatic heterocycles. The Morgan fingerprint density at radius 3 is 2.13 bits per heavy atom. The number of alkyl halides is 5. The third-order valence-electron chi connectivity index (χ3n) is 3.06. The van der Waals surface area contributed by atoms with Crippen LogP contribution in [0.2, 0.25) is 0 Å². The number of allylic oxidation sites excluding steroid dienone is 4. The summed E-state index contributed by atoms with van der Waals surface area (Å²) >= 11 is 0. The summed E-state index contributed by atoms with van der Waals surface area (Å²) in [6.07, 6.45) is -9.79. The van der Waals surface area contributed by atoms with Crippen molar-refractivity contribution in [1.82, 2.24) is 0 Å². The SMILES string of the molecule is N#CC1=C(F)C(F)=C(Oc2ccccc2)C(F)(C(F)(F)F)C1F. The Morgan fingerprint density at radius 1 is 1.09 bits per heavy atom. The van der Waals surface area contributed by atoms with E-state index in [9.17, 15) is 30.7 Å². The highest BCUT2D eigenvalue weighted by atomic mass is 19.4. The van der Waals surface area contributed by atoms with Gasteiger partial charge in [-0.1, -0.05) is 18.2 Å². The Balaban J connectivity index is 2.68. The van der Waals surface area contributed by atoms with Gasteiger partial charge in [0.2, 0.25) is 5.83 Å². The number of hydrogen-bond acceptors (Lipinski definition) is 2. The summed E-state index contributed by atoms with van der Waals surface area (Å²) in [4.78, 5) is 0. The summed E-state index contributed by atoms with van der Waals surface area (Å²) in [5.74, 6) is -7.34. The predicted octanol–water partition coefficient (Wildman–Crippen LogP) is 4.62. The lowest BCUT2D eigenvalue weighted by Crippen LogP contribution is -2.54. The molecule has 122 valence electrons. The van der Waals surface area contributed by atoms with Crippen molar-refractivity contribution in [2.24, 2.45) is 0 Å². The third kappa shape index (κ3) is 2.54. The standard InChI is InChI=1S/C14H6F7NO/c15-9-8(6-22)11(17)13(18,14(19,20)21)12(10(9)16)23-7-4-2-1-3-5-7/h1-5,11H. The lowest BCUT2D eigenvalue weighted by molar-refractivity contribution is -0.240. The lowest BCUT2D eigenvalue weighted by atomic mass is 9.86. The number of halogens is 7. The molecule has 9 heteroatoms. The summed E-state index contributed by atoms with van der Waals surface area (Å²) in [6, 6.07) is 6.74. The van der Waals surface area contributed by atoms with Crippen molar-refractivity contribution in [2.75, 3.05) is 0 Å². The molecule has 23 heavy (non-hydrogen) atoms. The molecule has 2 atom stereocenters. The largest absolute Gasteiger partial charge is 0.455 e. The maximum absolute atomic E-state index is 14.4. The first-order valence-corrected chi connectivity index (χ1v) is 5.97. The van der Waals surface area contributed by atoms with Crippen LogP contribution in [0.5, 0.6) is 5.75 Å². The van der Waals surface area contributed by atoms with Crippen molar-refractivity contribution in [3.8, 4) is 11.8 Å². The van der Waals surface area contributed by atoms with E-state index in [0.29, 0.717) is 6.07 Å². The van der Waals surface area contributed by atoms with Crippen LogP contribution in [0, 0.1) is 11.3 Å². The second-order valence-electron chi connectivity index (χ2n) is 4.47. The zero-order valence-corrected chi connectivity index (χ0v) is 11.0. The second-order valence-corrected chi connectivity index (χ2v) is 4.47. The molecule has 2 rings (SSSR count). The molecular formula is C14H6F7NO. The Hall–Kier alpha value is -2.50. The molecule has 1 aromatic carbocycles. The highest BCUT2D eigenvalue weighted by Gasteiger charge is 2.70. The van der Waals surface area contributed by atoms with E-state index in [1.165, 1.54) is 18.2 Å². The summed E-state index contributed by atoms with van der Waals surface area (Å²) in [6.45, 7) is 0. The van der Waals surface area contributed by atoms with Gasteiger partial charge in [-0.15, -0.1) is 0 Å². The van der Waals surface area contributed by atoms with Crippen LogP contribution in [-0.4, -0.2) is 18.0 Å². The minimum Gasteiger partial charge on any atom is -0.455 e. The highest BCUT2D eigenvalue weighted by Crippen LogP contribution is 2.51. The molecule has 1 aromatic rings. The topological polar surface area (TPSA) is 33.0 Å². The smallest absolute Gasteiger partial charge is 0.433 e. The van der Waals surface area contributed by atoms with Crippen LogP contribution in [0.1, 0.15) is 0 Å². The molecule has 1 aliphatic rings. The van der Waals surface area contributed by atoms with Gasteiger partial charge >= 0.3 is 11.8 Å². The van der Waals surface area contributed by atoms with Gasteiger partial charge in [-0.3, -0.25) is 0 Å². The molecule has 0 aromatic heterocycles. The van der Waals surface area contributed by atoms with E-state index >= 15 is 0 Å². The highest BCUT2D eigenvalue weighted by molar-refractivity contribution is 5.49. The predicted molar refractivity (Wildman–Crippen MR) is 63.7 cm³/mol. The van der Waals surface area contributed by atoms with E-state index in [2.05, 4.69) is 4.74 Å². The van der Waals surface area contributed by atoms with Crippen LogP contribution in [0.4, 0.5) is 30.7 Å². The number of ether oxygens (including phenoxy) is 1. The molecular weight excluding hydrogens is 331 g/mol. The molecule has 2 unspecified atom stereocenters. The van der Waals surface area contributed by atoms with E-state index in [1.807, 2.05) is 0 Å². The van der Waals surface area contributed by atoms with Crippen LogP contribution in [0.3, 0.4) is 0 Å². The van der Waals surface area contributed by atoms with E-state index in [0.717, 1.165) is 12.1 Å². The number of benzene rings is 1. The van der Waals surface area contributed by atoms with Crippen molar-refractivity contribution < 1.29 is 35.5 Å². The van der Waals surface area contributed by atoms with Gasteiger partial charge in [0.1, 0.15) is 17.4 Å². The Morgan fingerprint density at radius 2 is 1.65 bits per heavy atom. The quantitative estimate of drug-likeness (QED) is 0.738. The van der Waals surface area contributed by atoms with Gasteiger partial charge in [-0.05, 0) is 12.1 Å². The molecule has 0 bridgehead atoms. The zero-order chi connectivity index (χ0) is 17.4. The van der Waals surface area contributed by atoms with Crippen molar-refractivity contribution >= 4 is 0 Å². The average molecular weight is 337 g/mol. The minimum atomic E-state index is -5.99. The number of hydrogen-bond donors (Lipinski definition) is 0. The van der Waals surface area contributed by atoms with Crippen molar-refractivity contribution in [1.29, 1.82) is 5.26 Å². The third-order valence-corrected chi connectivity index (χ3v) is 3.06. The van der Waals surface area contributed by atoms with Gasteiger partial charge in [-0.2, -0.15) is 22.8 Å². The van der Waals surface area contributed by atoms with Crippen LogP contribution in [0.15, 0.2) is 53.3 Å². The first-order valence-electron chi connectivity index (χ1n) is 5.97. The molecule has 0 saturated carbocycles. The Bertz CT molecular complexity index is 717. The van der Waals surface area contributed by atoms with Gasteiger partial charge < -0.3 is 4.74 Å². The minimum absolute atomic E-state index is 0.468. The van der Waals surface area contributed by atoms with E-state index < -0.39 is 46.8 Å². The maximum atomic E-state index is 14.4. The van der Waals surface area contributed by atoms with Crippen molar-refractivity contribution in [3.63, 3.8) is 0 Å². The van der Waals surface area contributed by atoms with Crippen LogP contribution < -0.4 is 4.74 Å². The first kappa shape index (κ1) is 16.9. The normalized spacial score (nSPS) is 25.4. The summed E-state index contributed by atoms with van der Waals surface area (Å²) in [7, 11) is 0. The van der Waals surface area contributed by atoms with Gasteiger partial charge in [-0.25, -0.2) is 13.2 Å². The van der Waals surface area contributed by atoms with E-state index in [4.69, 9.17) is 5.26 Å². The first-order chi connectivity index (χ1) is 10.6. The van der Waals surface area contributed by atoms with Crippen molar-refractivity contribution in [3.05, 3.63) is 53.3 Å². The fourth-order valence-corrected chi connectivity index (χ4v) is 1.91. The van der Waals surface area contributed by atoms with Gasteiger partial charge in [0.15, 0.2) is 17.8 Å².